The fraction of sp³-hybridized carbons (Fsp3) is 0.462. The maximum absolute atomic E-state index is 12.6. The number of alkyl halides is 3. The molecule has 0 aliphatic carbocycles. The third-order valence-corrected chi connectivity index (χ3v) is 3.42. The number of hydrogen-bond acceptors (Lipinski definition) is 1. The lowest BCUT2D eigenvalue weighted by Crippen LogP contribution is -2.14. The Hall–Kier alpha value is -0.840. The molecule has 0 N–H and O–H groups in total. The lowest BCUT2D eigenvalue weighted by molar-refractivity contribution is -0.137. The predicted molar refractivity (Wildman–Crippen MR) is 67.5 cm³/mol. The van der Waals surface area contributed by atoms with Gasteiger partial charge in [-0.3, -0.25) is 4.79 Å². The Labute approximate surface area is 113 Å². The van der Waals surface area contributed by atoms with Crippen LogP contribution in [0.3, 0.4) is 0 Å². The van der Waals surface area contributed by atoms with E-state index in [2.05, 4.69) is 15.9 Å². The van der Waals surface area contributed by atoms with Crippen molar-refractivity contribution in [2.75, 3.05) is 0 Å². The summed E-state index contributed by atoms with van der Waals surface area (Å²) in [5.74, 6) is -0.524. The summed E-state index contributed by atoms with van der Waals surface area (Å²) in [7, 11) is 0. The van der Waals surface area contributed by atoms with E-state index in [0.29, 0.717) is 10.9 Å². The Morgan fingerprint density at radius 2 is 2.00 bits per heavy atom. The van der Waals surface area contributed by atoms with Crippen LogP contribution in [0.4, 0.5) is 13.2 Å². The van der Waals surface area contributed by atoms with E-state index in [1.807, 2.05) is 6.92 Å². The minimum absolute atomic E-state index is 0.103. The van der Waals surface area contributed by atoms with Gasteiger partial charge in [-0.05, 0) is 24.6 Å². The van der Waals surface area contributed by atoms with Crippen LogP contribution in [-0.2, 0) is 6.18 Å². The number of halogens is 4. The van der Waals surface area contributed by atoms with Crippen LogP contribution in [0.15, 0.2) is 22.7 Å². The van der Waals surface area contributed by atoms with Gasteiger partial charge in [0.15, 0.2) is 5.78 Å². The number of Topliss-reactive ketones (excluding diaryl/α,β-unsaturated/α-hetero) is 1. The molecule has 0 fully saturated rings. The summed E-state index contributed by atoms with van der Waals surface area (Å²) >= 11 is 3.13. The van der Waals surface area contributed by atoms with Crippen molar-refractivity contribution in [2.45, 2.75) is 32.9 Å². The second-order valence-corrected chi connectivity index (χ2v) is 5.10. The number of hydrogen-bond donors (Lipinski definition) is 0. The van der Waals surface area contributed by atoms with Crippen LogP contribution in [0, 0.1) is 5.92 Å². The monoisotopic (exact) mass is 322 g/mol. The van der Waals surface area contributed by atoms with E-state index in [-0.39, 0.29) is 17.3 Å². The van der Waals surface area contributed by atoms with E-state index < -0.39 is 11.7 Å². The second-order valence-electron chi connectivity index (χ2n) is 4.25. The molecular weight excluding hydrogens is 309 g/mol. The summed E-state index contributed by atoms with van der Waals surface area (Å²) in [6, 6.07) is 3.15. The van der Waals surface area contributed by atoms with Crippen LogP contribution in [0.2, 0.25) is 0 Å². The molecule has 1 nitrogen and oxygen atoms in total. The van der Waals surface area contributed by atoms with Crippen molar-refractivity contribution in [1.82, 2.24) is 0 Å². The minimum atomic E-state index is -4.43. The molecule has 0 aliphatic heterocycles. The highest BCUT2D eigenvalue weighted by Gasteiger charge is 2.32. The van der Waals surface area contributed by atoms with Crippen molar-refractivity contribution in [3.05, 3.63) is 33.8 Å². The molecule has 5 heteroatoms. The topological polar surface area (TPSA) is 17.1 Å². The fourth-order valence-electron chi connectivity index (χ4n) is 1.72. The van der Waals surface area contributed by atoms with Crippen molar-refractivity contribution < 1.29 is 18.0 Å². The molecule has 1 aromatic carbocycles. The summed E-state index contributed by atoms with van der Waals surface area (Å²) in [4.78, 5) is 12.0. The molecular formula is C13H14BrF3O. The van der Waals surface area contributed by atoms with Crippen LogP contribution in [0.5, 0.6) is 0 Å². The molecule has 1 atom stereocenters. The summed E-state index contributed by atoms with van der Waals surface area (Å²) < 4.78 is 38.2. The van der Waals surface area contributed by atoms with Crippen LogP contribution < -0.4 is 0 Å². The Morgan fingerprint density at radius 1 is 1.39 bits per heavy atom. The van der Waals surface area contributed by atoms with Crippen LogP contribution in [-0.4, -0.2) is 5.78 Å². The van der Waals surface area contributed by atoms with Crippen molar-refractivity contribution in [3.63, 3.8) is 0 Å². The first-order valence-electron chi connectivity index (χ1n) is 5.68. The molecule has 18 heavy (non-hydrogen) atoms. The first-order chi connectivity index (χ1) is 8.27. The minimum Gasteiger partial charge on any atom is -0.294 e. The maximum Gasteiger partial charge on any atom is 0.416 e. The van der Waals surface area contributed by atoms with Gasteiger partial charge in [0.05, 0.1) is 5.56 Å². The van der Waals surface area contributed by atoms with Crippen molar-refractivity contribution in [3.8, 4) is 0 Å². The summed E-state index contributed by atoms with van der Waals surface area (Å²) in [5, 5.41) is 0. The van der Waals surface area contributed by atoms with E-state index in [0.717, 1.165) is 18.6 Å². The standard InChI is InChI=1S/C13H14BrF3O/c1-3-4-8(2)12(18)10-7-9(13(15,16)17)5-6-11(10)14/h5-8H,3-4H2,1-2H3. The van der Waals surface area contributed by atoms with Gasteiger partial charge >= 0.3 is 6.18 Å². The zero-order valence-electron chi connectivity index (χ0n) is 10.1. The summed E-state index contributed by atoms with van der Waals surface area (Å²) in [6.07, 6.45) is -2.94. The van der Waals surface area contributed by atoms with Crippen molar-refractivity contribution >= 4 is 21.7 Å². The van der Waals surface area contributed by atoms with Gasteiger partial charge in [0, 0.05) is 16.0 Å². The molecule has 1 rings (SSSR count). The van der Waals surface area contributed by atoms with Gasteiger partial charge in [0.25, 0.3) is 0 Å². The van der Waals surface area contributed by atoms with E-state index in [9.17, 15) is 18.0 Å². The Bertz CT molecular complexity index is 440. The third-order valence-electron chi connectivity index (χ3n) is 2.73. The van der Waals surface area contributed by atoms with Gasteiger partial charge in [-0.15, -0.1) is 0 Å². The first kappa shape index (κ1) is 15.2. The SMILES string of the molecule is CCCC(C)C(=O)c1cc(C(F)(F)F)ccc1Br. The van der Waals surface area contributed by atoms with Crippen LogP contribution >= 0.6 is 15.9 Å². The highest BCUT2D eigenvalue weighted by molar-refractivity contribution is 9.10. The fourth-order valence-corrected chi connectivity index (χ4v) is 2.16. The van der Waals surface area contributed by atoms with E-state index in [1.165, 1.54) is 6.07 Å². The normalized spacial score (nSPS) is 13.4. The van der Waals surface area contributed by atoms with Crippen molar-refractivity contribution in [2.24, 2.45) is 5.92 Å². The molecule has 0 aromatic heterocycles. The Balaban J connectivity index is 3.12. The molecule has 0 saturated carbocycles. The largest absolute Gasteiger partial charge is 0.416 e. The number of carbonyl (C=O) groups excluding carboxylic acids is 1. The molecule has 0 spiro atoms. The molecule has 1 unspecified atom stereocenters. The summed E-state index contributed by atoms with van der Waals surface area (Å²) in [5.41, 5.74) is -0.691. The quantitative estimate of drug-likeness (QED) is 0.706. The van der Waals surface area contributed by atoms with Gasteiger partial charge in [0.1, 0.15) is 0 Å². The van der Waals surface area contributed by atoms with E-state index >= 15 is 0 Å². The number of rotatable bonds is 4. The average Bonchev–Trinajstić information content (AvgIpc) is 2.27. The molecule has 0 radical (unpaired) electrons. The summed E-state index contributed by atoms with van der Waals surface area (Å²) in [6.45, 7) is 3.67. The molecule has 0 aliphatic rings. The molecule has 0 heterocycles. The highest BCUT2D eigenvalue weighted by Crippen LogP contribution is 2.32. The molecule has 0 saturated heterocycles. The van der Waals surface area contributed by atoms with E-state index in [4.69, 9.17) is 0 Å². The van der Waals surface area contributed by atoms with Gasteiger partial charge in [-0.1, -0.05) is 36.2 Å². The first-order valence-corrected chi connectivity index (χ1v) is 6.47. The highest BCUT2D eigenvalue weighted by atomic mass is 79.9. The van der Waals surface area contributed by atoms with Crippen LogP contribution in [0.25, 0.3) is 0 Å². The lowest BCUT2D eigenvalue weighted by atomic mass is 9.94. The molecule has 0 bridgehead atoms. The number of carbonyl (C=O) groups is 1. The van der Waals surface area contributed by atoms with Gasteiger partial charge in [-0.25, -0.2) is 0 Å². The van der Waals surface area contributed by atoms with Crippen molar-refractivity contribution in [1.29, 1.82) is 0 Å². The zero-order chi connectivity index (χ0) is 13.9. The average molecular weight is 323 g/mol. The van der Waals surface area contributed by atoms with Gasteiger partial charge < -0.3 is 0 Å². The number of ketones is 1. The maximum atomic E-state index is 12.6. The van der Waals surface area contributed by atoms with Crippen LogP contribution in [0.1, 0.15) is 42.6 Å². The predicted octanol–water partition coefficient (Wildman–Crippen LogP) is 5.09. The molecule has 1 aromatic rings. The molecule has 100 valence electrons. The van der Waals surface area contributed by atoms with E-state index in [1.54, 1.807) is 6.92 Å². The Morgan fingerprint density at radius 3 is 2.50 bits per heavy atom. The van der Waals surface area contributed by atoms with Gasteiger partial charge in [0.2, 0.25) is 0 Å². The number of benzene rings is 1. The smallest absolute Gasteiger partial charge is 0.294 e. The lowest BCUT2D eigenvalue weighted by Gasteiger charge is -2.13. The van der Waals surface area contributed by atoms with Gasteiger partial charge in [-0.2, -0.15) is 13.2 Å². The zero-order valence-corrected chi connectivity index (χ0v) is 11.7. The Kier molecular flexibility index (Phi) is 4.96. The third kappa shape index (κ3) is 3.57. The second kappa shape index (κ2) is 5.87. The molecule has 0 amide bonds.